The highest BCUT2D eigenvalue weighted by atomic mass is 16.1. The van der Waals surface area contributed by atoms with Crippen LogP contribution in [-0.4, -0.2) is 5.91 Å². The fourth-order valence-electron chi connectivity index (χ4n) is 0.708. The molecule has 1 rings (SSSR count). The molecule has 0 aliphatic carbocycles. The van der Waals surface area contributed by atoms with Gasteiger partial charge in [0.05, 0.1) is 0 Å². The summed E-state index contributed by atoms with van der Waals surface area (Å²) in [4.78, 5) is 11.1. The van der Waals surface area contributed by atoms with Crippen LogP contribution in [0.3, 0.4) is 0 Å². The van der Waals surface area contributed by atoms with Gasteiger partial charge in [-0.15, -0.1) is 0 Å². The van der Waals surface area contributed by atoms with E-state index in [9.17, 15) is 4.79 Å². The molecule has 1 aromatic carbocycles. The first-order valence-corrected chi connectivity index (χ1v) is 3.63. The zero-order valence-electron chi connectivity index (χ0n) is 6.92. The zero-order valence-corrected chi connectivity index (χ0v) is 6.92. The van der Waals surface area contributed by atoms with E-state index in [1.165, 1.54) is 0 Å². The van der Waals surface area contributed by atoms with Gasteiger partial charge in [-0.05, 0) is 25.1 Å². The molecule has 0 saturated carbocycles. The molecule has 0 fully saturated rings. The Morgan fingerprint density at radius 2 is 2.08 bits per heavy atom. The predicted molar refractivity (Wildman–Crippen MR) is 48.7 cm³/mol. The Balaban J connectivity index is 2.65. The fraction of sp³-hybridized carbons (Fsp3) is 0.100. The van der Waals surface area contributed by atoms with Crippen molar-refractivity contribution in [3.8, 4) is 0 Å². The summed E-state index contributed by atoms with van der Waals surface area (Å²) in [5, 5.41) is 2.68. The smallest absolute Gasteiger partial charge is 0.250 e. The molecule has 12 heavy (non-hydrogen) atoms. The Morgan fingerprint density at radius 1 is 1.50 bits per heavy atom. The van der Waals surface area contributed by atoms with Crippen molar-refractivity contribution in [1.29, 1.82) is 0 Å². The number of rotatable bonds is 2. The van der Waals surface area contributed by atoms with Crippen LogP contribution >= 0.6 is 0 Å². The van der Waals surface area contributed by atoms with Gasteiger partial charge in [0.2, 0.25) is 0 Å². The second kappa shape index (κ2) is 3.72. The molecule has 0 unspecified atom stereocenters. The minimum absolute atomic E-state index is 0.152. The lowest BCUT2D eigenvalue weighted by Crippen LogP contribution is -2.11. The molecule has 0 saturated heterocycles. The second-order valence-electron chi connectivity index (χ2n) is 2.52. The highest BCUT2D eigenvalue weighted by molar-refractivity contribution is 6.02. The molecule has 1 N–H and O–H groups in total. The van der Waals surface area contributed by atoms with Crippen molar-refractivity contribution in [3.63, 3.8) is 0 Å². The van der Waals surface area contributed by atoms with Crippen LogP contribution in [0.25, 0.3) is 0 Å². The Kier molecular flexibility index (Phi) is 2.64. The zero-order chi connectivity index (χ0) is 8.97. The largest absolute Gasteiger partial charge is 0.322 e. The lowest BCUT2D eigenvalue weighted by molar-refractivity contribution is -0.112. The molecule has 0 aliphatic rings. The summed E-state index contributed by atoms with van der Waals surface area (Å²) < 4.78 is 0. The number of carbonyl (C=O) groups is 1. The fourth-order valence-corrected chi connectivity index (χ4v) is 0.708. The Labute approximate surface area is 71.9 Å². The summed E-state index contributed by atoms with van der Waals surface area (Å²) >= 11 is 0. The van der Waals surface area contributed by atoms with E-state index in [4.69, 9.17) is 0 Å². The molecule has 61 valence electrons. The number of hydrogen-bond donors (Lipinski definition) is 1. The highest BCUT2D eigenvalue weighted by Crippen LogP contribution is 2.05. The molecule has 0 atom stereocenters. The van der Waals surface area contributed by atoms with Crippen molar-refractivity contribution in [2.24, 2.45) is 0 Å². The summed E-state index contributed by atoms with van der Waals surface area (Å²) in [5.74, 6) is -0.152. The summed E-state index contributed by atoms with van der Waals surface area (Å²) in [7, 11) is 0. The molecular weight excluding hydrogens is 150 g/mol. The minimum Gasteiger partial charge on any atom is -0.322 e. The lowest BCUT2D eigenvalue weighted by atomic mass is 10.3. The highest BCUT2D eigenvalue weighted by Gasteiger charge is 2.00. The molecule has 0 aromatic heterocycles. The van der Waals surface area contributed by atoms with Crippen LogP contribution < -0.4 is 5.32 Å². The summed E-state index contributed by atoms with van der Waals surface area (Å²) in [6, 6.07) is 9.91. The van der Waals surface area contributed by atoms with Crippen LogP contribution in [0.15, 0.2) is 36.4 Å². The first-order chi connectivity index (χ1) is 5.70. The number of benzene rings is 1. The van der Waals surface area contributed by atoms with Crippen LogP contribution in [0.2, 0.25) is 0 Å². The predicted octanol–water partition coefficient (Wildman–Crippen LogP) is 2.00. The van der Waals surface area contributed by atoms with E-state index < -0.39 is 0 Å². The SMILES string of the molecule is C=C(C)C(=O)Nc1cc[c]cc1. The van der Waals surface area contributed by atoms with E-state index in [1.807, 2.05) is 0 Å². The maximum absolute atomic E-state index is 11.1. The molecule has 1 amide bonds. The van der Waals surface area contributed by atoms with Crippen LogP contribution in [0.1, 0.15) is 6.92 Å². The van der Waals surface area contributed by atoms with Gasteiger partial charge in [-0.3, -0.25) is 4.79 Å². The van der Waals surface area contributed by atoms with E-state index in [1.54, 1.807) is 31.2 Å². The van der Waals surface area contributed by atoms with Crippen LogP contribution in [0.5, 0.6) is 0 Å². The summed E-state index contributed by atoms with van der Waals surface area (Å²) in [6.45, 7) is 5.20. The van der Waals surface area contributed by atoms with E-state index in [-0.39, 0.29) is 5.91 Å². The lowest BCUT2D eigenvalue weighted by Gasteiger charge is -2.02. The van der Waals surface area contributed by atoms with Gasteiger partial charge in [0, 0.05) is 11.3 Å². The maximum Gasteiger partial charge on any atom is 0.250 e. The van der Waals surface area contributed by atoms with Crippen LogP contribution in [-0.2, 0) is 4.79 Å². The van der Waals surface area contributed by atoms with E-state index in [0.29, 0.717) is 5.57 Å². The average Bonchev–Trinajstić information content (AvgIpc) is 2.06. The van der Waals surface area contributed by atoms with Gasteiger partial charge in [0.1, 0.15) is 0 Å². The van der Waals surface area contributed by atoms with Gasteiger partial charge in [0.15, 0.2) is 0 Å². The topological polar surface area (TPSA) is 29.1 Å². The first kappa shape index (κ1) is 8.53. The van der Waals surface area contributed by atoms with Crippen molar-refractivity contribution in [1.82, 2.24) is 0 Å². The number of amides is 1. The Bertz CT molecular complexity index is 290. The van der Waals surface area contributed by atoms with Crippen molar-refractivity contribution in [2.75, 3.05) is 5.32 Å². The van der Waals surface area contributed by atoms with Gasteiger partial charge in [-0.2, -0.15) is 0 Å². The van der Waals surface area contributed by atoms with Crippen molar-refractivity contribution < 1.29 is 4.79 Å². The summed E-state index contributed by atoms with van der Waals surface area (Å²) in [6.07, 6.45) is 0. The Hall–Kier alpha value is -1.57. The molecule has 0 spiro atoms. The van der Waals surface area contributed by atoms with Gasteiger partial charge in [-0.1, -0.05) is 18.7 Å². The number of anilines is 1. The molecule has 0 heterocycles. The molecule has 0 aliphatic heterocycles. The molecule has 1 aromatic rings. The Morgan fingerprint density at radius 3 is 2.58 bits per heavy atom. The van der Waals surface area contributed by atoms with Gasteiger partial charge < -0.3 is 5.32 Å². The quantitative estimate of drug-likeness (QED) is 0.659. The third-order valence-electron chi connectivity index (χ3n) is 1.36. The monoisotopic (exact) mass is 160 g/mol. The summed E-state index contributed by atoms with van der Waals surface area (Å²) in [5.41, 5.74) is 1.27. The molecule has 2 heteroatoms. The van der Waals surface area contributed by atoms with Gasteiger partial charge in [-0.25, -0.2) is 0 Å². The van der Waals surface area contributed by atoms with E-state index >= 15 is 0 Å². The van der Waals surface area contributed by atoms with E-state index in [2.05, 4.69) is 18.0 Å². The molecule has 2 nitrogen and oxygen atoms in total. The number of nitrogens with one attached hydrogen (secondary N) is 1. The molecule has 0 bridgehead atoms. The van der Waals surface area contributed by atoms with Crippen LogP contribution in [0, 0.1) is 6.07 Å². The number of carbonyl (C=O) groups excluding carboxylic acids is 1. The molecular formula is C10H10NO. The first-order valence-electron chi connectivity index (χ1n) is 3.63. The van der Waals surface area contributed by atoms with Crippen LogP contribution in [0.4, 0.5) is 5.69 Å². The minimum atomic E-state index is -0.152. The normalized spacial score (nSPS) is 9.08. The van der Waals surface area contributed by atoms with Crippen molar-refractivity contribution in [2.45, 2.75) is 6.92 Å². The third-order valence-corrected chi connectivity index (χ3v) is 1.36. The average molecular weight is 160 g/mol. The van der Waals surface area contributed by atoms with Gasteiger partial charge in [0.25, 0.3) is 5.91 Å². The van der Waals surface area contributed by atoms with Gasteiger partial charge >= 0.3 is 0 Å². The molecule has 1 radical (unpaired) electrons. The second-order valence-corrected chi connectivity index (χ2v) is 2.52. The van der Waals surface area contributed by atoms with Crippen molar-refractivity contribution in [3.05, 3.63) is 42.5 Å². The van der Waals surface area contributed by atoms with E-state index in [0.717, 1.165) is 5.69 Å². The number of hydrogen-bond acceptors (Lipinski definition) is 1. The third kappa shape index (κ3) is 2.23. The standard InChI is InChI=1S/C10H10NO/c1-8(2)10(12)11-9-6-4-3-5-7-9/h4-7H,1H2,2H3,(H,11,12). The van der Waals surface area contributed by atoms with Crippen molar-refractivity contribution >= 4 is 11.6 Å². The maximum atomic E-state index is 11.1.